The minimum atomic E-state index is -2.12. The summed E-state index contributed by atoms with van der Waals surface area (Å²) in [6.45, 7) is 6.71. The molecule has 3 atom stereocenters. The van der Waals surface area contributed by atoms with Gasteiger partial charge >= 0.3 is 5.97 Å². The van der Waals surface area contributed by atoms with Crippen LogP contribution in [0.2, 0.25) is 19.1 Å². The Balaban J connectivity index is 1.75. The van der Waals surface area contributed by atoms with Crippen molar-refractivity contribution in [2.75, 3.05) is 20.8 Å². The van der Waals surface area contributed by atoms with E-state index >= 15 is 0 Å². The molecule has 1 amide bonds. The molecular formula is C27H35NO6Si. The van der Waals surface area contributed by atoms with E-state index < -0.39 is 31.3 Å². The van der Waals surface area contributed by atoms with E-state index in [0.29, 0.717) is 13.0 Å². The van der Waals surface area contributed by atoms with E-state index in [9.17, 15) is 9.59 Å². The van der Waals surface area contributed by atoms with Crippen molar-refractivity contribution in [2.45, 2.75) is 56.8 Å². The van der Waals surface area contributed by atoms with Crippen LogP contribution in [0.4, 0.5) is 0 Å². The lowest BCUT2D eigenvalue weighted by atomic mass is 9.75. The van der Waals surface area contributed by atoms with Gasteiger partial charge in [-0.15, -0.1) is 0 Å². The number of methoxy groups -OCH3 is 2. The fraction of sp³-hybridized carbons (Fsp3) is 0.481. The van der Waals surface area contributed by atoms with Crippen LogP contribution in [-0.2, 0) is 36.6 Å². The van der Waals surface area contributed by atoms with Gasteiger partial charge in [0.2, 0.25) is 5.91 Å². The van der Waals surface area contributed by atoms with Crippen molar-refractivity contribution in [3.8, 4) is 5.75 Å². The first-order valence-corrected chi connectivity index (χ1v) is 15.1. The van der Waals surface area contributed by atoms with E-state index in [1.54, 1.807) is 12.0 Å². The molecular weight excluding hydrogens is 462 g/mol. The number of likely N-dealkylation sites (tertiary alicyclic amines) is 1. The minimum Gasteiger partial charge on any atom is -0.497 e. The van der Waals surface area contributed by atoms with Gasteiger partial charge in [0, 0.05) is 6.54 Å². The Morgan fingerprint density at radius 3 is 2.40 bits per heavy atom. The van der Waals surface area contributed by atoms with Gasteiger partial charge in [0.25, 0.3) is 0 Å². The number of esters is 1. The molecule has 7 nitrogen and oxygen atoms in total. The number of hydrogen-bond acceptors (Lipinski definition) is 6. The van der Waals surface area contributed by atoms with Crippen LogP contribution in [0.1, 0.15) is 24.5 Å². The summed E-state index contributed by atoms with van der Waals surface area (Å²) < 4.78 is 23.6. The fourth-order valence-corrected chi connectivity index (χ4v) is 8.16. The topological polar surface area (TPSA) is 74.3 Å². The number of hydrogen-bond donors (Lipinski definition) is 0. The Bertz CT molecular complexity index is 1060. The van der Waals surface area contributed by atoms with E-state index in [4.69, 9.17) is 18.6 Å². The predicted molar refractivity (Wildman–Crippen MR) is 134 cm³/mol. The van der Waals surface area contributed by atoms with Crippen molar-refractivity contribution in [2.24, 2.45) is 5.92 Å². The van der Waals surface area contributed by atoms with Gasteiger partial charge in [0.05, 0.1) is 33.4 Å². The first-order valence-electron chi connectivity index (χ1n) is 12.0. The van der Waals surface area contributed by atoms with E-state index in [1.807, 2.05) is 61.5 Å². The molecule has 2 aromatic carbocycles. The molecule has 188 valence electrons. The SMILES string of the molecule is COC(=O)[C@@]1(COCc2ccccc2)N(Cc2ccc(OC)cc2)C(=O)[C@@H]2CC[Si](C)(C)O[C@@]21C. The van der Waals surface area contributed by atoms with Gasteiger partial charge in [-0.2, -0.15) is 0 Å². The molecule has 2 aliphatic rings. The lowest BCUT2D eigenvalue weighted by Crippen LogP contribution is -2.70. The maximum Gasteiger partial charge on any atom is 0.337 e. The number of rotatable bonds is 8. The van der Waals surface area contributed by atoms with Crippen molar-refractivity contribution in [1.82, 2.24) is 4.90 Å². The first-order chi connectivity index (χ1) is 16.7. The zero-order chi connectivity index (χ0) is 25.3. The van der Waals surface area contributed by atoms with E-state index in [1.165, 1.54) is 7.11 Å². The lowest BCUT2D eigenvalue weighted by molar-refractivity contribution is -0.178. The molecule has 2 aliphatic heterocycles. The van der Waals surface area contributed by atoms with Crippen LogP contribution in [0.15, 0.2) is 54.6 Å². The Labute approximate surface area is 208 Å². The highest BCUT2D eigenvalue weighted by Gasteiger charge is 2.73. The molecule has 0 bridgehead atoms. The van der Waals surface area contributed by atoms with E-state index in [-0.39, 0.29) is 19.1 Å². The predicted octanol–water partition coefficient (Wildman–Crippen LogP) is 4.17. The third-order valence-corrected chi connectivity index (χ3v) is 9.95. The maximum atomic E-state index is 13.9. The molecule has 0 unspecified atom stereocenters. The Morgan fingerprint density at radius 1 is 1.09 bits per heavy atom. The second-order valence-electron chi connectivity index (χ2n) is 10.2. The molecule has 2 heterocycles. The number of ether oxygens (including phenoxy) is 3. The molecule has 2 aromatic rings. The molecule has 0 N–H and O–H groups in total. The van der Waals surface area contributed by atoms with E-state index in [0.717, 1.165) is 22.9 Å². The standard InChI is InChI=1S/C27H35NO6Si/c1-26-23(15-16-35(4,5)34-26)24(29)28(17-20-11-13-22(31-2)14-12-20)27(26,25(30)32-3)19-33-18-21-9-7-6-8-10-21/h6-14,23H,15-19H2,1-5H3/t23-,26-,27+/m0/s1. The molecule has 0 aliphatic carbocycles. The molecule has 35 heavy (non-hydrogen) atoms. The second-order valence-corrected chi connectivity index (χ2v) is 14.4. The number of amides is 1. The Hall–Kier alpha value is -2.68. The van der Waals surface area contributed by atoms with Gasteiger partial charge < -0.3 is 23.5 Å². The smallest absolute Gasteiger partial charge is 0.337 e. The first kappa shape index (κ1) is 25.4. The summed E-state index contributed by atoms with van der Waals surface area (Å²) in [4.78, 5) is 29.3. The molecule has 8 heteroatoms. The lowest BCUT2D eigenvalue weighted by Gasteiger charge is -2.51. The van der Waals surface area contributed by atoms with Gasteiger partial charge in [-0.3, -0.25) is 4.79 Å². The third kappa shape index (κ3) is 4.50. The largest absolute Gasteiger partial charge is 0.497 e. The van der Waals surface area contributed by atoms with Crippen molar-refractivity contribution >= 4 is 20.2 Å². The summed E-state index contributed by atoms with van der Waals surface area (Å²) in [5.41, 5.74) is -0.606. The number of benzene rings is 2. The third-order valence-electron chi connectivity index (χ3n) is 7.48. The van der Waals surface area contributed by atoms with Gasteiger partial charge in [-0.25, -0.2) is 4.79 Å². The van der Waals surface area contributed by atoms with Crippen LogP contribution < -0.4 is 4.74 Å². The van der Waals surface area contributed by atoms with Crippen molar-refractivity contribution in [3.63, 3.8) is 0 Å². The summed E-state index contributed by atoms with van der Waals surface area (Å²) >= 11 is 0. The van der Waals surface area contributed by atoms with Gasteiger partial charge in [-0.1, -0.05) is 42.5 Å². The molecule has 0 spiro atoms. The van der Waals surface area contributed by atoms with Gasteiger partial charge in [0.15, 0.2) is 13.9 Å². The summed E-state index contributed by atoms with van der Waals surface area (Å²) in [7, 11) is 0.850. The second kappa shape index (κ2) is 9.76. The highest BCUT2D eigenvalue weighted by Crippen LogP contribution is 2.54. The van der Waals surface area contributed by atoms with Gasteiger partial charge in [0.1, 0.15) is 11.4 Å². The van der Waals surface area contributed by atoms with Crippen LogP contribution in [0.5, 0.6) is 5.75 Å². The zero-order valence-corrected chi connectivity index (χ0v) is 22.2. The monoisotopic (exact) mass is 497 g/mol. The Kier molecular flexibility index (Phi) is 7.08. The highest BCUT2D eigenvalue weighted by molar-refractivity contribution is 6.71. The molecule has 2 saturated heterocycles. The number of carbonyl (C=O) groups excluding carboxylic acids is 2. The molecule has 0 saturated carbocycles. The van der Waals surface area contributed by atoms with Crippen LogP contribution in [0.25, 0.3) is 0 Å². The minimum absolute atomic E-state index is 0.0199. The van der Waals surface area contributed by atoms with E-state index in [2.05, 4.69) is 13.1 Å². The molecule has 2 fully saturated rings. The molecule has 4 rings (SSSR count). The number of carbonyl (C=O) groups is 2. The highest BCUT2D eigenvalue weighted by atomic mass is 28.4. The van der Waals surface area contributed by atoms with Crippen molar-refractivity contribution < 1.29 is 28.2 Å². The normalized spacial score (nSPS) is 27.4. The van der Waals surface area contributed by atoms with Crippen LogP contribution in [-0.4, -0.2) is 57.1 Å². The summed E-state index contributed by atoms with van der Waals surface area (Å²) in [6, 6.07) is 18.1. The number of nitrogens with zero attached hydrogens (tertiary/aromatic N) is 1. The summed E-state index contributed by atoms with van der Waals surface area (Å²) in [6.07, 6.45) is 0.686. The summed E-state index contributed by atoms with van der Waals surface area (Å²) in [5, 5.41) is 0. The number of fused-ring (bicyclic) bond motifs is 1. The van der Waals surface area contributed by atoms with Crippen molar-refractivity contribution in [1.29, 1.82) is 0 Å². The average Bonchev–Trinajstić information content (AvgIpc) is 3.02. The average molecular weight is 498 g/mol. The van der Waals surface area contributed by atoms with Crippen LogP contribution in [0, 0.1) is 5.92 Å². The zero-order valence-electron chi connectivity index (χ0n) is 21.2. The van der Waals surface area contributed by atoms with Gasteiger partial charge in [-0.05, 0) is 55.7 Å². The van der Waals surface area contributed by atoms with Crippen LogP contribution >= 0.6 is 0 Å². The maximum absolute atomic E-state index is 13.9. The fourth-order valence-electron chi connectivity index (χ4n) is 5.62. The van der Waals surface area contributed by atoms with Crippen molar-refractivity contribution in [3.05, 3.63) is 65.7 Å². The Morgan fingerprint density at radius 2 is 1.77 bits per heavy atom. The molecule has 0 radical (unpaired) electrons. The summed E-state index contributed by atoms with van der Waals surface area (Å²) in [5.74, 6) is -0.324. The quantitative estimate of drug-likeness (QED) is 0.403. The molecule has 0 aromatic heterocycles. The van der Waals surface area contributed by atoms with Crippen LogP contribution in [0.3, 0.4) is 0 Å².